The van der Waals surface area contributed by atoms with Crippen molar-refractivity contribution in [3.8, 4) is 11.5 Å². The van der Waals surface area contributed by atoms with E-state index in [1.807, 2.05) is 19.1 Å². The molecule has 0 bridgehead atoms. The first-order valence-corrected chi connectivity index (χ1v) is 5.61. The van der Waals surface area contributed by atoms with Crippen molar-refractivity contribution in [3.05, 3.63) is 59.2 Å². The van der Waals surface area contributed by atoms with E-state index >= 15 is 0 Å². The van der Waals surface area contributed by atoms with E-state index < -0.39 is 0 Å². The molecule has 2 aromatic carbocycles. The Morgan fingerprint density at radius 3 is 2.39 bits per heavy atom. The summed E-state index contributed by atoms with van der Waals surface area (Å²) in [4.78, 5) is 12.2. The van der Waals surface area contributed by atoms with Gasteiger partial charge in [0, 0.05) is 5.56 Å². The van der Waals surface area contributed by atoms with Crippen LogP contribution in [-0.2, 0) is 0 Å². The molecule has 0 aliphatic carbocycles. The Labute approximate surface area is 106 Å². The summed E-state index contributed by atoms with van der Waals surface area (Å²) in [5.41, 5.74) is 1.88. The maximum absolute atomic E-state index is 12.2. The van der Waals surface area contributed by atoms with Gasteiger partial charge in [-0.05, 0) is 19.1 Å². The summed E-state index contributed by atoms with van der Waals surface area (Å²) < 4.78 is 4.99. The Morgan fingerprint density at radius 1 is 1.11 bits per heavy atom. The van der Waals surface area contributed by atoms with Gasteiger partial charge in [-0.15, -0.1) is 0 Å². The number of ketones is 1. The molecule has 0 aliphatic rings. The third-order valence-corrected chi connectivity index (χ3v) is 2.78. The van der Waals surface area contributed by atoms with E-state index in [4.69, 9.17) is 4.74 Å². The van der Waals surface area contributed by atoms with Crippen LogP contribution in [0.1, 0.15) is 21.5 Å². The number of phenols is 1. The second-order valence-electron chi connectivity index (χ2n) is 4.05. The molecular weight excluding hydrogens is 228 g/mol. The minimum atomic E-state index is -0.216. The lowest BCUT2D eigenvalue weighted by molar-refractivity contribution is 0.103. The average molecular weight is 242 g/mol. The van der Waals surface area contributed by atoms with Gasteiger partial charge in [-0.25, -0.2) is 0 Å². The minimum Gasteiger partial charge on any atom is -0.504 e. The molecule has 0 fully saturated rings. The molecule has 18 heavy (non-hydrogen) atoms. The number of hydrogen-bond acceptors (Lipinski definition) is 3. The van der Waals surface area contributed by atoms with Gasteiger partial charge < -0.3 is 9.84 Å². The van der Waals surface area contributed by atoms with Crippen molar-refractivity contribution < 1.29 is 14.6 Å². The fourth-order valence-corrected chi connectivity index (χ4v) is 1.73. The number of para-hydroxylation sites is 1. The van der Waals surface area contributed by atoms with E-state index in [9.17, 15) is 9.90 Å². The molecule has 0 aromatic heterocycles. The molecule has 0 amide bonds. The standard InChI is InChI=1S/C15H14O3/c1-10-6-8-11(9-7-10)14(16)12-4-3-5-13(18-2)15(12)17/h3-9,17H,1-2H3. The lowest BCUT2D eigenvalue weighted by atomic mass is 10.0. The van der Waals surface area contributed by atoms with Gasteiger partial charge in [0.15, 0.2) is 17.3 Å². The monoisotopic (exact) mass is 242 g/mol. The number of carbonyl (C=O) groups is 1. The summed E-state index contributed by atoms with van der Waals surface area (Å²) in [6.45, 7) is 1.96. The van der Waals surface area contributed by atoms with Crippen molar-refractivity contribution in [1.82, 2.24) is 0 Å². The van der Waals surface area contributed by atoms with Gasteiger partial charge >= 0.3 is 0 Å². The van der Waals surface area contributed by atoms with Crippen molar-refractivity contribution in [1.29, 1.82) is 0 Å². The number of methoxy groups -OCH3 is 1. The zero-order chi connectivity index (χ0) is 13.1. The van der Waals surface area contributed by atoms with Crippen LogP contribution in [0.2, 0.25) is 0 Å². The van der Waals surface area contributed by atoms with E-state index in [1.165, 1.54) is 7.11 Å². The van der Waals surface area contributed by atoms with Crippen LogP contribution in [0.3, 0.4) is 0 Å². The van der Waals surface area contributed by atoms with Crippen molar-refractivity contribution in [2.75, 3.05) is 7.11 Å². The summed E-state index contributed by atoms with van der Waals surface area (Å²) in [6, 6.07) is 12.1. The van der Waals surface area contributed by atoms with E-state index in [1.54, 1.807) is 30.3 Å². The van der Waals surface area contributed by atoms with E-state index in [-0.39, 0.29) is 17.1 Å². The molecule has 0 saturated carbocycles. The molecule has 0 atom stereocenters. The minimum absolute atomic E-state index is 0.120. The molecule has 3 nitrogen and oxygen atoms in total. The van der Waals surface area contributed by atoms with Crippen molar-refractivity contribution in [3.63, 3.8) is 0 Å². The van der Waals surface area contributed by atoms with Gasteiger partial charge in [-0.2, -0.15) is 0 Å². The summed E-state index contributed by atoms with van der Waals surface area (Å²) in [6.07, 6.45) is 0. The van der Waals surface area contributed by atoms with Crippen LogP contribution in [0.15, 0.2) is 42.5 Å². The third kappa shape index (κ3) is 2.20. The first-order valence-electron chi connectivity index (χ1n) is 5.61. The first-order chi connectivity index (χ1) is 8.63. The molecule has 92 valence electrons. The molecule has 1 N–H and O–H groups in total. The molecule has 2 aromatic rings. The van der Waals surface area contributed by atoms with Crippen LogP contribution in [0.4, 0.5) is 0 Å². The van der Waals surface area contributed by atoms with Crippen LogP contribution in [0, 0.1) is 6.92 Å². The van der Waals surface area contributed by atoms with Gasteiger partial charge in [-0.1, -0.05) is 35.9 Å². The summed E-state index contributed by atoms with van der Waals surface area (Å²) >= 11 is 0. The topological polar surface area (TPSA) is 46.5 Å². The summed E-state index contributed by atoms with van der Waals surface area (Å²) in [5.74, 6) is -0.0371. The number of aryl methyl sites for hydroxylation is 1. The molecule has 2 rings (SSSR count). The summed E-state index contributed by atoms with van der Waals surface area (Å²) in [7, 11) is 1.45. The maximum Gasteiger partial charge on any atom is 0.196 e. The molecule has 0 spiro atoms. The fraction of sp³-hybridized carbons (Fsp3) is 0.133. The molecule has 0 radical (unpaired) electrons. The van der Waals surface area contributed by atoms with Crippen LogP contribution in [0.5, 0.6) is 11.5 Å². The number of rotatable bonds is 3. The summed E-state index contributed by atoms with van der Waals surface area (Å²) in [5, 5.41) is 9.93. The lowest BCUT2D eigenvalue weighted by Crippen LogP contribution is -2.02. The predicted molar refractivity (Wildman–Crippen MR) is 69.3 cm³/mol. The van der Waals surface area contributed by atoms with Crippen LogP contribution < -0.4 is 4.74 Å². The number of hydrogen-bond donors (Lipinski definition) is 1. The quantitative estimate of drug-likeness (QED) is 0.842. The number of phenolic OH excluding ortho intramolecular Hbond substituents is 1. The lowest BCUT2D eigenvalue weighted by Gasteiger charge is -2.08. The van der Waals surface area contributed by atoms with Crippen molar-refractivity contribution in [2.24, 2.45) is 0 Å². The Balaban J connectivity index is 2.43. The van der Waals surface area contributed by atoms with Crippen LogP contribution in [0.25, 0.3) is 0 Å². The van der Waals surface area contributed by atoms with Gasteiger partial charge in [0.05, 0.1) is 12.7 Å². The zero-order valence-corrected chi connectivity index (χ0v) is 10.3. The number of benzene rings is 2. The van der Waals surface area contributed by atoms with Gasteiger partial charge in [0.1, 0.15) is 0 Å². The normalized spacial score (nSPS) is 10.1. The van der Waals surface area contributed by atoms with Gasteiger partial charge in [-0.3, -0.25) is 4.79 Å². The predicted octanol–water partition coefficient (Wildman–Crippen LogP) is 2.94. The molecule has 0 saturated heterocycles. The Morgan fingerprint density at radius 2 is 1.78 bits per heavy atom. The number of carbonyl (C=O) groups excluding carboxylic acids is 1. The van der Waals surface area contributed by atoms with Gasteiger partial charge in [0.25, 0.3) is 0 Å². The molecule has 3 heteroatoms. The highest BCUT2D eigenvalue weighted by atomic mass is 16.5. The average Bonchev–Trinajstić information content (AvgIpc) is 2.39. The zero-order valence-electron chi connectivity index (χ0n) is 10.3. The molecule has 0 unspecified atom stereocenters. The second-order valence-corrected chi connectivity index (χ2v) is 4.05. The van der Waals surface area contributed by atoms with Crippen LogP contribution in [-0.4, -0.2) is 18.0 Å². The number of aromatic hydroxyl groups is 1. The van der Waals surface area contributed by atoms with E-state index in [0.717, 1.165) is 5.56 Å². The molecule has 0 heterocycles. The van der Waals surface area contributed by atoms with E-state index in [0.29, 0.717) is 11.3 Å². The van der Waals surface area contributed by atoms with E-state index in [2.05, 4.69) is 0 Å². The highest BCUT2D eigenvalue weighted by molar-refractivity contribution is 6.11. The fourth-order valence-electron chi connectivity index (χ4n) is 1.73. The van der Waals surface area contributed by atoms with Crippen molar-refractivity contribution in [2.45, 2.75) is 6.92 Å². The molecule has 0 aliphatic heterocycles. The van der Waals surface area contributed by atoms with Gasteiger partial charge in [0.2, 0.25) is 0 Å². The largest absolute Gasteiger partial charge is 0.504 e. The second kappa shape index (κ2) is 4.92. The third-order valence-electron chi connectivity index (χ3n) is 2.78. The Hall–Kier alpha value is -2.29. The maximum atomic E-state index is 12.2. The highest BCUT2D eigenvalue weighted by Crippen LogP contribution is 2.30. The Kier molecular flexibility index (Phi) is 3.33. The molecular formula is C15H14O3. The first kappa shape index (κ1) is 12.2. The van der Waals surface area contributed by atoms with Crippen molar-refractivity contribution >= 4 is 5.78 Å². The van der Waals surface area contributed by atoms with Crippen LogP contribution >= 0.6 is 0 Å². The Bertz CT molecular complexity index is 571. The highest BCUT2D eigenvalue weighted by Gasteiger charge is 2.16. The number of ether oxygens (including phenoxy) is 1. The SMILES string of the molecule is COc1cccc(C(=O)c2ccc(C)cc2)c1O. The smallest absolute Gasteiger partial charge is 0.196 e.